The SMILES string of the molecule is Nc1c(F)cc(Cc2ccc(F)cc2)cc1Cc1ccc(F)cc1. The van der Waals surface area contributed by atoms with Gasteiger partial charge in [-0.05, 0) is 65.4 Å². The zero-order valence-electron chi connectivity index (χ0n) is 12.9. The Hall–Kier alpha value is -2.75. The van der Waals surface area contributed by atoms with Gasteiger partial charge >= 0.3 is 0 Å². The maximum atomic E-state index is 14.1. The predicted octanol–water partition coefficient (Wildman–Crippen LogP) is 4.87. The number of nitrogen functional groups attached to an aromatic ring is 1. The summed E-state index contributed by atoms with van der Waals surface area (Å²) < 4.78 is 40.1. The molecular weight excluding hydrogens is 311 g/mol. The Labute approximate surface area is 138 Å². The maximum absolute atomic E-state index is 14.1. The van der Waals surface area contributed by atoms with Crippen LogP contribution >= 0.6 is 0 Å². The minimum Gasteiger partial charge on any atom is -0.396 e. The molecule has 3 rings (SSSR count). The normalized spacial score (nSPS) is 10.8. The van der Waals surface area contributed by atoms with Crippen LogP contribution < -0.4 is 5.73 Å². The quantitative estimate of drug-likeness (QED) is 0.680. The molecule has 122 valence electrons. The fraction of sp³-hybridized carbons (Fsp3) is 0.100. The topological polar surface area (TPSA) is 26.0 Å². The Morgan fingerprint density at radius 1 is 0.625 bits per heavy atom. The molecule has 2 N–H and O–H groups in total. The number of rotatable bonds is 4. The average Bonchev–Trinajstić information content (AvgIpc) is 2.56. The molecular formula is C20H16F3N. The molecule has 3 aromatic rings. The van der Waals surface area contributed by atoms with Gasteiger partial charge < -0.3 is 5.73 Å². The predicted molar refractivity (Wildman–Crippen MR) is 89.2 cm³/mol. The highest BCUT2D eigenvalue weighted by Crippen LogP contribution is 2.24. The van der Waals surface area contributed by atoms with Crippen molar-refractivity contribution < 1.29 is 13.2 Å². The van der Waals surface area contributed by atoms with Gasteiger partial charge in [-0.1, -0.05) is 30.3 Å². The van der Waals surface area contributed by atoms with Crippen molar-refractivity contribution in [2.45, 2.75) is 12.8 Å². The van der Waals surface area contributed by atoms with E-state index in [1.807, 2.05) is 6.07 Å². The second-order valence-corrected chi connectivity index (χ2v) is 5.76. The number of anilines is 1. The molecule has 0 spiro atoms. The molecule has 0 radical (unpaired) electrons. The molecule has 0 aliphatic carbocycles. The fourth-order valence-corrected chi connectivity index (χ4v) is 2.65. The van der Waals surface area contributed by atoms with Gasteiger partial charge in [0.25, 0.3) is 0 Å². The van der Waals surface area contributed by atoms with Crippen LogP contribution in [-0.2, 0) is 12.8 Å². The highest BCUT2D eigenvalue weighted by atomic mass is 19.1. The van der Waals surface area contributed by atoms with Gasteiger partial charge in [0.15, 0.2) is 0 Å². The lowest BCUT2D eigenvalue weighted by molar-refractivity contribution is 0.625. The van der Waals surface area contributed by atoms with Gasteiger partial charge in [-0.15, -0.1) is 0 Å². The van der Waals surface area contributed by atoms with Crippen molar-refractivity contribution in [1.82, 2.24) is 0 Å². The number of hydrogen-bond acceptors (Lipinski definition) is 1. The van der Waals surface area contributed by atoms with E-state index in [-0.39, 0.29) is 17.3 Å². The summed E-state index contributed by atoms with van der Waals surface area (Å²) in [5, 5.41) is 0. The molecule has 24 heavy (non-hydrogen) atoms. The van der Waals surface area contributed by atoms with Gasteiger partial charge in [0, 0.05) is 0 Å². The van der Waals surface area contributed by atoms with Gasteiger partial charge in [-0.2, -0.15) is 0 Å². The van der Waals surface area contributed by atoms with Crippen molar-refractivity contribution in [2.24, 2.45) is 0 Å². The van der Waals surface area contributed by atoms with E-state index in [4.69, 9.17) is 5.73 Å². The van der Waals surface area contributed by atoms with E-state index < -0.39 is 5.82 Å². The van der Waals surface area contributed by atoms with Crippen molar-refractivity contribution in [3.8, 4) is 0 Å². The molecule has 0 unspecified atom stereocenters. The zero-order chi connectivity index (χ0) is 17.1. The van der Waals surface area contributed by atoms with Gasteiger partial charge in [-0.3, -0.25) is 0 Å². The lowest BCUT2D eigenvalue weighted by Crippen LogP contribution is -2.02. The number of nitrogens with two attached hydrogens (primary N) is 1. The van der Waals surface area contributed by atoms with Crippen molar-refractivity contribution in [1.29, 1.82) is 0 Å². The van der Waals surface area contributed by atoms with Crippen LogP contribution in [-0.4, -0.2) is 0 Å². The van der Waals surface area contributed by atoms with Gasteiger partial charge in [0.1, 0.15) is 17.5 Å². The summed E-state index contributed by atoms with van der Waals surface area (Å²) in [6, 6.07) is 15.4. The smallest absolute Gasteiger partial charge is 0.146 e. The first-order chi connectivity index (χ1) is 11.5. The first kappa shape index (κ1) is 16.1. The third-order valence-electron chi connectivity index (χ3n) is 3.90. The van der Waals surface area contributed by atoms with Crippen LogP contribution in [0.5, 0.6) is 0 Å². The monoisotopic (exact) mass is 327 g/mol. The Kier molecular flexibility index (Phi) is 4.56. The van der Waals surface area contributed by atoms with Crippen LogP contribution in [0.2, 0.25) is 0 Å². The molecule has 1 nitrogen and oxygen atoms in total. The first-order valence-corrected chi connectivity index (χ1v) is 7.57. The van der Waals surface area contributed by atoms with E-state index >= 15 is 0 Å². The maximum Gasteiger partial charge on any atom is 0.146 e. The zero-order valence-corrected chi connectivity index (χ0v) is 12.9. The fourth-order valence-electron chi connectivity index (χ4n) is 2.65. The van der Waals surface area contributed by atoms with Gasteiger partial charge in [0.2, 0.25) is 0 Å². The van der Waals surface area contributed by atoms with Crippen LogP contribution in [0, 0.1) is 17.5 Å². The third kappa shape index (κ3) is 3.77. The molecule has 3 aromatic carbocycles. The van der Waals surface area contributed by atoms with Crippen LogP contribution in [0.4, 0.5) is 18.9 Å². The van der Waals surface area contributed by atoms with Crippen molar-refractivity contribution in [2.75, 3.05) is 5.73 Å². The summed E-state index contributed by atoms with van der Waals surface area (Å²) in [4.78, 5) is 0. The molecule has 0 aliphatic rings. The first-order valence-electron chi connectivity index (χ1n) is 7.57. The Morgan fingerprint density at radius 3 is 1.67 bits per heavy atom. The largest absolute Gasteiger partial charge is 0.396 e. The molecule has 0 atom stereocenters. The average molecular weight is 327 g/mol. The molecule has 4 heteroatoms. The minimum atomic E-state index is -0.480. The Morgan fingerprint density at radius 2 is 1.12 bits per heavy atom. The third-order valence-corrected chi connectivity index (χ3v) is 3.90. The minimum absolute atomic E-state index is 0.0992. The molecule has 0 amide bonds. The second kappa shape index (κ2) is 6.79. The summed E-state index contributed by atoms with van der Waals surface area (Å²) in [6.07, 6.45) is 0.897. The second-order valence-electron chi connectivity index (χ2n) is 5.76. The lowest BCUT2D eigenvalue weighted by Gasteiger charge is -2.11. The highest BCUT2D eigenvalue weighted by Gasteiger charge is 2.10. The van der Waals surface area contributed by atoms with Gasteiger partial charge in [0.05, 0.1) is 5.69 Å². The van der Waals surface area contributed by atoms with Crippen LogP contribution in [0.15, 0.2) is 60.7 Å². The summed E-state index contributed by atoms with van der Waals surface area (Å²) in [5.41, 5.74) is 9.08. The van der Waals surface area contributed by atoms with Crippen LogP contribution in [0.3, 0.4) is 0 Å². The van der Waals surface area contributed by atoms with E-state index in [1.54, 1.807) is 24.3 Å². The molecule has 0 aliphatic heterocycles. The van der Waals surface area contributed by atoms with E-state index in [2.05, 4.69) is 0 Å². The molecule has 0 saturated heterocycles. The molecule has 0 heterocycles. The summed E-state index contributed by atoms with van der Waals surface area (Å²) >= 11 is 0. The highest BCUT2D eigenvalue weighted by molar-refractivity contribution is 5.52. The summed E-state index contributed by atoms with van der Waals surface area (Å²) in [6.45, 7) is 0. The van der Waals surface area contributed by atoms with Gasteiger partial charge in [-0.25, -0.2) is 13.2 Å². The van der Waals surface area contributed by atoms with E-state index in [9.17, 15) is 13.2 Å². The molecule has 0 saturated carbocycles. The molecule has 0 fully saturated rings. The van der Waals surface area contributed by atoms with Crippen molar-refractivity contribution in [3.05, 3.63) is 100 Å². The van der Waals surface area contributed by atoms with E-state index in [1.165, 1.54) is 30.3 Å². The summed E-state index contributed by atoms with van der Waals surface area (Å²) in [7, 11) is 0. The van der Waals surface area contributed by atoms with E-state index in [0.29, 0.717) is 18.4 Å². The van der Waals surface area contributed by atoms with Crippen molar-refractivity contribution in [3.63, 3.8) is 0 Å². The number of halogens is 3. The molecule has 0 bridgehead atoms. The van der Waals surface area contributed by atoms with Crippen molar-refractivity contribution >= 4 is 5.69 Å². The van der Waals surface area contributed by atoms with Crippen LogP contribution in [0.25, 0.3) is 0 Å². The van der Waals surface area contributed by atoms with Crippen LogP contribution in [0.1, 0.15) is 22.3 Å². The number of benzene rings is 3. The molecule has 0 aromatic heterocycles. The summed E-state index contributed by atoms with van der Waals surface area (Å²) in [5.74, 6) is -1.10. The standard InChI is InChI=1S/C20H16F3N/c21-17-5-1-13(2-6-17)9-15-11-16(20(24)19(23)12-15)10-14-3-7-18(22)8-4-14/h1-8,11-12H,9-10,24H2. The Bertz CT molecular complexity index is 840. The Balaban J connectivity index is 1.87. The van der Waals surface area contributed by atoms with E-state index in [0.717, 1.165) is 16.7 Å². The number of hydrogen-bond donors (Lipinski definition) is 1. The lowest BCUT2D eigenvalue weighted by atomic mass is 9.97.